The van der Waals surface area contributed by atoms with Crippen LogP contribution in [0, 0.1) is 5.82 Å². The van der Waals surface area contributed by atoms with Crippen LogP contribution in [0.3, 0.4) is 0 Å². The van der Waals surface area contributed by atoms with Crippen LogP contribution < -0.4 is 15.0 Å². The molecule has 0 saturated carbocycles. The first-order valence-electron chi connectivity index (χ1n) is 9.21. The zero-order valence-electron chi connectivity index (χ0n) is 16.2. The van der Waals surface area contributed by atoms with Crippen LogP contribution in [0.4, 0.5) is 10.1 Å². The molecule has 0 aromatic heterocycles. The summed E-state index contributed by atoms with van der Waals surface area (Å²) in [5.74, 6) is 0.461. The summed E-state index contributed by atoms with van der Waals surface area (Å²) in [6.45, 7) is 2.50. The van der Waals surface area contributed by atoms with Gasteiger partial charge in [0.05, 0.1) is 18.8 Å². The lowest BCUT2D eigenvalue weighted by atomic mass is 10.0. The van der Waals surface area contributed by atoms with Crippen molar-refractivity contribution in [3.8, 4) is 5.75 Å². The van der Waals surface area contributed by atoms with Gasteiger partial charge in [0.1, 0.15) is 11.6 Å². The third-order valence-corrected chi connectivity index (χ3v) is 5.00. The van der Waals surface area contributed by atoms with E-state index in [4.69, 9.17) is 4.74 Å². The van der Waals surface area contributed by atoms with Crippen molar-refractivity contribution in [2.45, 2.75) is 12.5 Å². The Kier molecular flexibility index (Phi) is 8.08. The van der Waals surface area contributed by atoms with Crippen LogP contribution in [0.5, 0.6) is 5.75 Å². The van der Waals surface area contributed by atoms with Crippen LogP contribution in [0.15, 0.2) is 48.5 Å². The van der Waals surface area contributed by atoms with Crippen molar-refractivity contribution in [3.05, 3.63) is 59.9 Å². The third kappa shape index (κ3) is 5.14. The fourth-order valence-electron chi connectivity index (χ4n) is 3.46. The molecule has 0 aliphatic carbocycles. The van der Waals surface area contributed by atoms with E-state index in [1.807, 2.05) is 42.3 Å². The molecule has 3 rings (SSSR count). The van der Waals surface area contributed by atoms with Gasteiger partial charge in [0, 0.05) is 32.2 Å². The third-order valence-electron chi connectivity index (χ3n) is 5.00. The van der Waals surface area contributed by atoms with Gasteiger partial charge in [-0.1, -0.05) is 30.3 Å². The molecule has 1 aliphatic rings. The second-order valence-electron chi connectivity index (χ2n) is 6.66. The number of nitrogens with zero attached hydrogens (tertiary/aromatic N) is 2. The van der Waals surface area contributed by atoms with Crippen LogP contribution in [-0.4, -0.2) is 57.2 Å². The Morgan fingerprint density at radius 2 is 1.82 bits per heavy atom. The van der Waals surface area contributed by atoms with Crippen molar-refractivity contribution < 1.29 is 13.9 Å². The molecular weight excluding hydrogens is 381 g/mol. The summed E-state index contributed by atoms with van der Waals surface area (Å²) in [5, 5.41) is 3.14. The molecule has 1 amide bonds. The van der Waals surface area contributed by atoms with E-state index in [1.165, 1.54) is 12.1 Å². The molecule has 1 saturated heterocycles. The molecule has 0 unspecified atom stereocenters. The van der Waals surface area contributed by atoms with E-state index in [2.05, 4.69) is 10.2 Å². The van der Waals surface area contributed by atoms with E-state index < -0.39 is 0 Å². The summed E-state index contributed by atoms with van der Waals surface area (Å²) in [6.07, 6.45) is 0.661. The highest BCUT2D eigenvalue weighted by molar-refractivity contribution is 5.85. The molecule has 5 nitrogen and oxygen atoms in total. The minimum absolute atomic E-state index is 0. The van der Waals surface area contributed by atoms with E-state index in [-0.39, 0.29) is 30.2 Å². The van der Waals surface area contributed by atoms with Gasteiger partial charge in [-0.25, -0.2) is 4.39 Å². The number of nitrogens with one attached hydrogen (secondary N) is 1. The predicted molar refractivity (Wildman–Crippen MR) is 112 cm³/mol. The van der Waals surface area contributed by atoms with Crippen molar-refractivity contribution in [2.75, 3.05) is 45.2 Å². The maximum atomic E-state index is 13.6. The smallest absolute Gasteiger partial charge is 0.240 e. The molecule has 0 radical (unpaired) electrons. The molecule has 7 heteroatoms. The topological polar surface area (TPSA) is 44.8 Å². The van der Waals surface area contributed by atoms with Gasteiger partial charge >= 0.3 is 0 Å². The van der Waals surface area contributed by atoms with Gasteiger partial charge in [-0.15, -0.1) is 12.4 Å². The monoisotopic (exact) mass is 407 g/mol. The number of piperazine rings is 1. The lowest BCUT2D eigenvalue weighted by Crippen LogP contribution is -2.54. The van der Waals surface area contributed by atoms with E-state index in [1.54, 1.807) is 13.2 Å². The van der Waals surface area contributed by atoms with E-state index >= 15 is 0 Å². The average molecular weight is 408 g/mol. The molecule has 0 bridgehead atoms. The van der Waals surface area contributed by atoms with Gasteiger partial charge in [-0.3, -0.25) is 4.79 Å². The number of ether oxygens (including phenoxy) is 1. The Morgan fingerprint density at radius 1 is 1.14 bits per heavy atom. The highest BCUT2D eigenvalue weighted by Crippen LogP contribution is 2.29. The number of amides is 1. The fraction of sp³-hybridized carbons (Fsp3) is 0.381. The number of likely N-dealkylation sites (N-methyl/N-ethyl adjacent to an activating group) is 1. The summed E-state index contributed by atoms with van der Waals surface area (Å²) < 4.78 is 19.0. The van der Waals surface area contributed by atoms with Crippen LogP contribution in [-0.2, 0) is 11.2 Å². The van der Waals surface area contributed by atoms with Crippen LogP contribution in [0.2, 0.25) is 0 Å². The minimum Gasteiger partial charge on any atom is -0.495 e. The molecule has 1 aliphatic heterocycles. The molecule has 1 atom stereocenters. The van der Waals surface area contributed by atoms with E-state index in [0.29, 0.717) is 38.3 Å². The number of methoxy groups -OCH3 is 1. The van der Waals surface area contributed by atoms with Crippen molar-refractivity contribution in [1.82, 2.24) is 10.2 Å². The number of carbonyl (C=O) groups is 1. The Balaban J connectivity index is 0.00000280. The zero-order valence-corrected chi connectivity index (χ0v) is 17.0. The Hall–Kier alpha value is -2.31. The molecule has 1 fully saturated rings. The average Bonchev–Trinajstić information content (AvgIpc) is 2.72. The number of hydrogen-bond donors (Lipinski definition) is 1. The molecule has 152 valence electrons. The summed E-state index contributed by atoms with van der Waals surface area (Å²) in [7, 11) is 3.40. The fourth-order valence-corrected chi connectivity index (χ4v) is 3.46. The highest BCUT2D eigenvalue weighted by atomic mass is 35.5. The lowest BCUT2D eigenvalue weighted by molar-refractivity contribution is -0.133. The van der Waals surface area contributed by atoms with E-state index in [9.17, 15) is 9.18 Å². The SMILES string of the molecule is CN[C@H](Cc1ccccc1)C(=O)N1CCN(c2cc(F)ccc2OC)CC1.Cl. The van der Waals surface area contributed by atoms with Gasteiger partial charge in [0.2, 0.25) is 5.91 Å². The quantitative estimate of drug-likeness (QED) is 0.799. The first-order chi connectivity index (χ1) is 13.1. The normalized spacial score (nSPS) is 15.0. The molecule has 28 heavy (non-hydrogen) atoms. The van der Waals surface area contributed by atoms with Crippen LogP contribution in [0.1, 0.15) is 5.56 Å². The first kappa shape index (κ1) is 22.0. The molecule has 2 aromatic rings. The summed E-state index contributed by atoms with van der Waals surface area (Å²) in [6, 6.07) is 14.3. The molecule has 0 spiro atoms. The zero-order chi connectivity index (χ0) is 19.2. The number of halogens is 2. The molecule has 1 heterocycles. The second-order valence-corrected chi connectivity index (χ2v) is 6.66. The summed E-state index contributed by atoms with van der Waals surface area (Å²) in [5.41, 5.74) is 1.87. The van der Waals surface area contributed by atoms with Crippen LogP contribution >= 0.6 is 12.4 Å². The van der Waals surface area contributed by atoms with E-state index in [0.717, 1.165) is 11.3 Å². The summed E-state index contributed by atoms with van der Waals surface area (Å²) >= 11 is 0. The van der Waals surface area contributed by atoms with Gasteiger partial charge in [0.15, 0.2) is 0 Å². The van der Waals surface area contributed by atoms with Gasteiger partial charge < -0.3 is 19.9 Å². The molecular formula is C21H27ClFN3O2. The Morgan fingerprint density at radius 3 is 2.43 bits per heavy atom. The standard InChI is InChI=1S/C21H26FN3O2.ClH/c1-23-18(14-16-6-4-3-5-7-16)21(26)25-12-10-24(11-13-25)19-15-17(22)8-9-20(19)27-2;/h3-9,15,18,23H,10-14H2,1-2H3;1H/t18-;/m1./s1. The predicted octanol–water partition coefficient (Wildman–Crippen LogP) is 2.74. The van der Waals surface area contributed by atoms with Crippen molar-refractivity contribution >= 4 is 24.0 Å². The number of anilines is 1. The second kappa shape index (κ2) is 10.3. The van der Waals surface area contributed by atoms with Crippen molar-refractivity contribution in [2.24, 2.45) is 0 Å². The number of hydrogen-bond acceptors (Lipinski definition) is 4. The van der Waals surface area contributed by atoms with Crippen molar-refractivity contribution in [1.29, 1.82) is 0 Å². The first-order valence-corrected chi connectivity index (χ1v) is 9.21. The van der Waals surface area contributed by atoms with Gasteiger partial charge in [0.25, 0.3) is 0 Å². The number of carbonyl (C=O) groups excluding carboxylic acids is 1. The largest absolute Gasteiger partial charge is 0.495 e. The van der Waals surface area contributed by atoms with Gasteiger partial charge in [-0.2, -0.15) is 0 Å². The summed E-state index contributed by atoms with van der Waals surface area (Å²) in [4.78, 5) is 16.9. The van der Waals surface area contributed by atoms with Crippen LogP contribution in [0.25, 0.3) is 0 Å². The van der Waals surface area contributed by atoms with Crippen molar-refractivity contribution in [3.63, 3.8) is 0 Å². The highest BCUT2D eigenvalue weighted by Gasteiger charge is 2.27. The maximum Gasteiger partial charge on any atom is 0.240 e. The number of rotatable bonds is 6. The minimum atomic E-state index is -0.289. The number of benzene rings is 2. The molecule has 2 aromatic carbocycles. The molecule has 1 N–H and O–H groups in total. The maximum absolute atomic E-state index is 13.6. The Labute approximate surface area is 171 Å². The Bertz CT molecular complexity index is 768. The lowest BCUT2D eigenvalue weighted by Gasteiger charge is -2.38. The van der Waals surface area contributed by atoms with Gasteiger partial charge in [-0.05, 0) is 31.2 Å².